The monoisotopic (exact) mass is 381 g/mol. The number of benzene rings is 1. The lowest BCUT2D eigenvalue weighted by atomic mass is 10.2. The van der Waals surface area contributed by atoms with Gasteiger partial charge >= 0.3 is 0 Å². The van der Waals surface area contributed by atoms with Crippen LogP contribution in [0.1, 0.15) is 5.56 Å². The van der Waals surface area contributed by atoms with Crippen LogP contribution < -0.4 is 4.74 Å². The van der Waals surface area contributed by atoms with Gasteiger partial charge in [-0.1, -0.05) is 6.07 Å². The first-order valence-electron chi connectivity index (χ1n) is 5.99. The van der Waals surface area contributed by atoms with Crippen molar-refractivity contribution in [2.75, 3.05) is 7.11 Å². The lowest BCUT2D eigenvalue weighted by Crippen LogP contribution is -1.99. The molecule has 0 aliphatic carbocycles. The van der Waals surface area contributed by atoms with E-state index in [1.807, 2.05) is 29.0 Å². The summed E-state index contributed by atoms with van der Waals surface area (Å²) in [7, 11) is 1.54. The number of hydrogen-bond acceptors (Lipinski definition) is 4. The van der Waals surface area contributed by atoms with Crippen molar-refractivity contribution in [2.45, 2.75) is 6.54 Å². The van der Waals surface area contributed by atoms with E-state index in [0.29, 0.717) is 12.3 Å². The number of phenolic OH excluding ortho intramolecular Hbond substituents is 1. The summed E-state index contributed by atoms with van der Waals surface area (Å²) < 4.78 is 8.15. The van der Waals surface area contributed by atoms with Gasteiger partial charge in [0.1, 0.15) is 5.52 Å². The van der Waals surface area contributed by atoms with E-state index in [1.165, 1.54) is 7.11 Å². The maximum Gasteiger partial charge on any atom is 0.160 e. The van der Waals surface area contributed by atoms with Gasteiger partial charge in [0.2, 0.25) is 0 Å². The topological polar surface area (TPSA) is 60.2 Å². The first kappa shape index (κ1) is 13.2. The molecule has 0 amide bonds. The number of aromatic nitrogens is 3. The molecule has 0 aliphatic heterocycles. The summed E-state index contributed by atoms with van der Waals surface area (Å²) in [5.41, 5.74) is 2.74. The number of halogens is 1. The molecule has 2 aromatic heterocycles. The Balaban J connectivity index is 1.97. The average Bonchev–Trinajstić information content (AvgIpc) is 2.83. The lowest BCUT2D eigenvalue weighted by molar-refractivity contribution is 0.373. The van der Waals surface area contributed by atoms with Crippen LogP contribution in [-0.2, 0) is 6.54 Å². The highest BCUT2D eigenvalue weighted by Crippen LogP contribution is 2.27. The smallest absolute Gasteiger partial charge is 0.160 e. The normalized spacial score (nSPS) is 10.9. The summed E-state index contributed by atoms with van der Waals surface area (Å²) in [5.74, 6) is 0.605. The molecule has 1 N–H and O–H groups in total. The highest BCUT2D eigenvalue weighted by atomic mass is 127. The lowest BCUT2D eigenvalue weighted by Gasteiger charge is -2.07. The summed E-state index contributed by atoms with van der Waals surface area (Å²) in [6.45, 7) is 0.626. The van der Waals surface area contributed by atoms with Crippen LogP contribution in [0.4, 0.5) is 0 Å². The van der Waals surface area contributed by atoms with Gasteiger partial charge < -0.3 is 14.4 Å². The Morgan fingerprint density at radius 3 is 2.95 bits per heavy atom. The van der Waals surface area contributed by atoms with Crippen molar-refractivity contribution in [3.8, 4) is 11.5 Å². The van der Waals surface area contributed by atoms with Gasteiger partial charge in [0.05, 0.1) is 20.0 Å². The van der Waals surface area contributed by atoms with Crippen LogP contribution in [-0.4, -0.2) is 26.8 Å². The second-order valence-electron chi connectivity index (χ2n) is 4.37. The second-order valence-corrected chi connectivity index (χ2v) is 5.62. The number of methoxy groups -OCH3 is 1. The predicted molar refractivity (Wildman–Crippen MR) is 84.0 cm³/mol. The van der Waals surface area contributed by atoms with E-state index < -0.39 is 0 Å². The molecule has 6 heteroatoms. The van der Waals surface area contributed by atoms with Crippen LogP contribution in [0.15, 0.2) is 36.8 Å². The molecular weight excluding hydrogens is 369 g/mol. The van der Waals surface area contributed by atoms with Crippen LogP contribution in [0.3, 0.4) is 0 Å². The van der Waals surface area contributed by atoms with Gasteiger partial charge in [-0.2, -0.15) is 0 Å². The summed E-state index contributed by atoms with van der Waals surface area (Å²) in [4.78, 5) is 8.76. The molecule has 0 bridgehead atoms. The first-order valence-corrected chi connectivity index (χ1v) is 7.07. The Morgan fingerprint density at radius 2 is 2.15 bits per heavy atom. The van der Waals surface area contributed by atoms with Crippen molar-refractivity contribution in [2.24, 2.45) is 0 Å². The quantitative estimate of drug-likeness (QED) is 0.709. The van der Waals surface area contributed by atoms with Crippen molar-refractivity contribution in [3.05, 3.63) is 45.9 Å². The number of nitrogens with zero attached hydrogens (tertiary/aromatic N) is 3. The van der Waals surface area contributed by atoms with Gasteiger partial charge in [0.25, 0.3) is 0 Å². The van der Waals surface area contributed by atoms with Gasteiger partial charge in [-0.05, 0) is 46.4 Å². The zero-order valence-corrected chi connectivity index (χ0v) is 12.9. The molecule has 0 radical (unpaired) electrons. The van der Waals surface area contributed by atoms with Gasteiger partial charge in [-0.15, -0.1) is 0 Å². The molecule has 102 valence electrons. The number of pyridine rings is 1. The molecule has 0 spiro atoms. The Labute approximate surface area is 129 Å². The van der Waals surface area contributed by atoms with Crippen LogP contribution in [0, 0.1) is 3.57 Å². The van der Waals surface area contributed by atoms with Crippen molar-refractivity contribution in [3.63, 3.8) is 0 Å². The highest BCUT2D eigenvalue weighted by Gasteiger charge is 2.07. The van der Waals surface area contributed by atoms with Crippen molar-refractivity contribution >= 4 is 33.8 Å². The summed E-state index contributed by atoms with van der Waals surface area (Å²) >= 11 is 2.22. The van der Waals surface area contributed by atoms with Gasteiger partial charge in [0.15, 0.2) is 17.1 Å². The largest absolute Gasteiger partial charge is 0.504 e. The molecule has 1 aromatic carbocycles. The van der Waals surface area contributed by atoms with Gasteiger partial charge in [-0.25, -0.2) is 9.97 Å². The molecule has 3 rings (SSSR count). The van der Waals surface area contributed by atoms with Crippen molar-refractivity contribution < 1.29 is 9.84 Å². The van der Waals surface area contributed by atoms with Crippen LogP contribution >= 0.6 is 22.6 Å². The second kappa shape index (κ2) is 5.28. The number of phenols is 1. The molecule has 3 aromatic rings. The van der Waals surface area contributed by atoms with Crippen LogP contribution in [0.25, 0.3) is 11.2 Å². The number of rotatable bonds is 3. The summed E-state index contributed by atoms with van der Waals surface area (Å²) in [6.07, 6.45) is 3.59. The first-order chi connectivity index (χ1) is 9.67. The summed E-state index contributed by atoms with van der Waals surface area (Å²) in [5, 5.41) is 9.61. The number of fused-ring (bicyclic) bond motifs is 1. The van der Waals surface area contributed by atoms with Crippen LogP contribution in [0.2, 0.25) is 0 Å². The van der Waals surface area contributed by atoms with E-state index in [9.17, 15) is 5.11 Å². The molecule has 0 unspecified atom stereocenters. The molecule has 0 saturated heterocycles. The minimum Gasteiger partial charge on any atom is -0.504 e. The Bertz CT molecular complexity index is 770. The van der Waals surface area contributed by atoms with Crippen molar-refractivity contribution in [1.29, 1.82) is 0 Å². The molecule has 0 atom stereocenters. The summed E-state index contributed by atoms with van der Waals surface area (Å²) in [6, 6.07) is 7.30. The number of ether oxygens (including phenoxy) is 1. The number of aromatic hydroxyl groups is 1. The fraction of sp³-hybridized carbons (Fsp3) is 0.143. The van der Waals surface area contributed by atoms with Gasteiger partial charge in [-0.3, -0.25) is 0 Å². The number of hydrogen-bond donors (Lipinski definition) is 1. The van der Waals surface area contributed by atoms with E-state index in [2.05, 4.69) is 32.6 Å². The maximum atomic E-state index is 9.61. The van der Waals surface area contributed by atoms with E-state index in [-0.39, 0.29) is 5.75 Å². The van der Waals surface area contributed by atoms with Crippen molar-refractivity contribution in [1.82, 2.24) is 14.5 Å². The minimum atomic E-state index is 0.138. The predicted octanol–water partition coefficient (Wildman–Crippen LogP) is 2.80. The molecule has 0 fully saturated rings. The van der Waals surface area contributed by atoms with E-state index >= 15 is 0 Å². The fourth-order valence-electron chi connectivity index (χ4n) is 2.06. The van der Waals surface area contributed by atoms with E-state index in [4.69, 9.17) is 4.74 Å². The van der Waals surface area contributed by atoms with E-state index in [0.717, 1.165) is 20.3 Å². The average molecular weight is 381 g/mol. The molecule has 0 aliphatic rings. The Kier molecular flexibility index (Phi) is 3.47. The zero-order valence-electron chi connectivity index (χ0n) is 10.7. The third-order valence-electron chi connectivity index (χ3n) is 3.02. The number of imidazole rings is 1. The molecule has 20 heavy (non-hydrogen) atoms. The third kappa shape index (κ3) is 2.43. The van der Waals surface area contributed by atoms with Crippen LogP contribution in [0.5, 0.6) is 11.5 Å². The molecular formula is C14H12IN3O2. The molecule has 5 nitrogen and oxygen atoms in total. The Morgan fingerprint density at radius 1 is 1.30 bits per heavy atom. The third-order valence-corrected chi connectivity index (χ3v) is 3.61. The standard InChI is InChI=1S/C14H12IN3O2/c1-20-13-4-9(2-3-12(13)19)7-18-8-17-11-5-10(15)6-16-14(11)18/h2-6,8,19H,7H2,1H3. The molecule has 0 saturated carbocycles. The molecule has 2 heterocycles. The maximum absolute atomic E-state index is 9.61. The Hall–Kier alpha value is -1.83. The zero-order chi connectivity index (χ0) is 14.1. The fourth-order valence-corrected chi connectivity index (χ4v) is 2.49. The highest BCUT2D eigenvalue weighted by molar-refractivity contribution is 14.1. The van der Waals surface area contributed by atoms with E-state index in [1.54, 1.807) is 12.4 Å². The minimum absolute atomic E-state index is 0.138. The SMILES string of the molecule is COc1cc(Cn2cnc3cc(I)cnc32)ccc1O. The van der Waals surface area contributed by atoms with Gasteiger partial charge in [0, 0.05) is 9.77 Å².